The van der Waals surface area contributed by atoms with Gasteiger partial charge in [0.25, 0.3) is 5.91 Å². The highest BCUT2D eigenvalue weighted by Crippen LogP contribution is 2.14. The fourth-order valence-corrected chi connectivity index (χ4v) is 3.15. The number of hydrogen-bond donors (Lipinski definition) is 2. The first-order chi connectivity index (χ1) is 11.0. The van der Waals surface area contributed by atoms with Gasteiger partial charge in [0.2, 0.25) is 10.0 Å². The number of aryl methyl sites for hydroxylation is 1. The summed E-state index contributed by atoms with van der Waals surface area (Å²) < 4.78 is 32.2. The average Bonchev–Trinajstić information content (AvgIpc) is 2.46. The maximum Gasteiger partial charge on any atom is 0.324 e. The van der Waals surface area contributed by atoms with E-state index in [1.54, 1.807) is 12.1 Å². The highest BCUT2D eigenvalue weighted by molar-refractivity contribution is 7.89. The number of amides is 1. The molecule has 0 aromatic heterocycles. The Labute approximate surface area is 142 Å². The summed E-state index contributed by atoms with van der Waals surface area (Å²) in [7, 11) is -3.89. The Hall–Kier alpha value is -1.93. The predicted octanol–water partition coefficient (Wildman–Crippen LogP) is 1.11. The summed E-state index contributed by atoms with van der Waals surface area (Å²) in [5.74, 6) is -1.59. The predicted molar refractivity (Wildman–Crippen MR) is 89.5 cm³/mol. The Kier molecular flexibility index (Phi) is 6.92. The topological polar surface area (TPSA) is 116 Å². The van der Waals surface area contributed by atoms with E-state index in [0.717, 1.165) is 5.56 Å². The van der Waals surface area contributed by atoms with Gasteiger partial charge in [-0.1, -0.05) is 31.5 Å². The van der Waals surface area contributed by atoms with Crippen molar-refractivity contribution in [1.82, 2.24) is 4.72 Å². The standard InChI is InChI=1S/C16H24N2O5S/c1-10(2)9-14(16(20)23-12(4)15(17)19)18-24(21,22)13-7-5-11(3)6-8-13/h5-8,10,12,14,18H,9H2,1-4H3,(H2,17,19)/t12-,14-/m0/s1. The molecule has 1 amide bonds. The van der Waals surface area contributed by atoms with Gasteiger partial charge in [-0.25, -0.2) is 8.42 Å². The molecule has 1 aromatic carbocycles. The molecule has 0 aliphatic carbocycles. The minimum atomic E-state index is -3.89. The number of sulfonamides is 1. The van der Waals surface area contributed by atoms with Crippen molar-refractivity contribution in [3.8, 4) is 0 Å². The number of carbonyl (C=O) groups excluding carboxylic acids is 2. The lowest BCUT2D eigenvalue weighted by Gasteiger charge is -2.21. The first-order valence-electron chi connectivity index (χ1n) is 7.61. The molecule has 134 valence electrons. The molecular weight excluding hydrogens is 332 g/mol. The lowest BCUT2D eigenvalue weighted by molar-refractivity contribution is -0.155. The van der Waals surface area contributed by atoms with Crippen molar-refractivity contribution in [3.63, 3.8) is 0 Å². The number of primary amides is 1. The van der Waals surface area contributed by atoms with E-state index >= 15 is 0 Å². The van der Waals surface area contributed by atoms with Crippen molar-refractivity contribution in [2.24, 2.45) is 11.7 Å². The van der Waals surface area contributed by atoms with E-state index in [9.17, 15) is 18.0 Å². The molecule has 0 aliphatic heterocycles. The molecule has 3 N–H and O–H groups in total. The fraction of sp³-hybridized carbons (Fsp3) is 0.500. The average molecular weight is 356 g/mol. The van der Waals surface area contributed by atoms with Gasteiger partial charge in [-0.2, -0.15) is 4.72 Å². The van der Waals surface area contributed by atoms with Gasteiger partial charge in [-0.05, 0) is 38.3 Å². The normalized spacial score (nSPS) is 14.2. The number of carbonyl (C=O) groups is 2. The van der Waals surface area contributed by atoms with Crippen molar-refractivity contribution in [1.29, 1.82) is 0 Å². The number of nitrogens with two attached hydrogens (primary N) is 1. The van der Waals surface area contributed by atoms with Crippen LogP contribution < -0.4 is 10.5 Å². The van der Waals surface area contributed by atoms with Crippen LogP contribution in [-0.2, 0) is 24.3 Å². The van der Waals surface area contributed by atoms with E-state index in [4.69, 9.17) is 10.5 Å². The molecule has 24 heavy (non-hydrogen) atoms. The highest BCUT2D eigenvalue weighted by Gasteiger charge is 2.29. The molecule has 8 heteroatoms. The molecule has 0 heterocycles. The largest absolute Gasteiger partial charge is 0.451 e. The number of nitrogens with one attached hydrogen (secondary N) is 1. The first kappa shape index (κ1) is 20.1. The van der Waals surface area contributed by atoms with Crippen LogP contribution in [0.4, 0.5) is 0 Å². The maximum absolute atomic E-state index is 12.4. The maximum atomic E-state index is 12.4. The van der Waals surface area contributed by atoms with Crippen LogP contribution in [0, 0.1) is 12.8 Å². The molecule has 0 saturated carbocycles. The van der Waals surface area contributed by atoms with E-state index in [1.807, 2.05) is 20.8 Å². The summed E-state index contributed by atoms with van der Waals surface area (Å²) in [5.41, 5.74) is 5.98. The van der Waals surface area contributed by atoms with Crippen LogP contribution in [0.3, 0.4) is 0 Å². The zero-order valence-corrected chi connectivity index (χ0v) is 15.1. The van der Waals surface area contributed by atoms with Crippen molar-refractivity contribution in [2.45, 2.75) is 51.2 Å². The Morgan fingerprint density at radius 2 is 1.71 bits per heavy atom. The third kappa shape index (κ3) is 5.93. The molecule has 0 bridgehead atoms. The summed E-state index contributed by atoms with van der Waals surface area (Å²) in [4.78, 5) is 23.3. The lowest BCUT2D eigenvalue weighted by atomic mass is 10.0. The second-order valence-corrected chi connectivity index (χ2v) is 7.81. The van der Waals surface area contributed by atoms with Gasteiger partial charge in [0, 0.05) is 0 Å². The van der Waals surface area contributed by atoms with Gasteiger partial charge in [-0.15, -0.1) is 0 Å². The van der Waals surface area contributed by atoms with Gasteiger partial charge in [-0.3, -0.25) is 9.59 Å². The number of benzene rings is 1. The lowest BCUT2D eigenvalue weighted by Crippen LogP contribution is -2.45. The summed E-state index contributed by atoms with van der Waals surface area (Å²) >= 11 is 0. The third-order valence-corrected chi connectivity index (χ3v) is 4.80. The Morgan fingerprint density at radius 3 is 2.17 bits per heavy atom. The molecule has 0 unspecified atom stereocenters. The fourth-order valence-electron chi connectivity index (χ4n) is 1.95. The van der Waals surface area contributed by atoms with Crippen LogP contribution in [0.5, 0.6) is 0 Å². The van der Waals surface area contributed by atoms with E-state index in [2.05, 4.69) is 4.72 Å². The van der Waals surface area contributed by atoms with E-state index in [1.165, 1.54) is 19.1 Å². The summed E-state index contributed by atoms with van der Waals surface area (Å²) in [6.07, 6.45) is -0.897. The highest BCUT2D eigenvalue weighted by atomic mass is 32.2. The van der Waals surface area contributed by atoms with Gasteiger partial charge in [0.1, 0.15) is 6.04 Å². The minimum absolute atomic E-state index is 0.0344. The molecular formula is C16H24N2O5S. The van der Waals surface area contributed by atoms with Gasteiger partial charge < -0.3 is 10.5 Å². The number of esters is 1. The summed E-state index contributed by atoms with van der Waals surface area (Å²) in [6.45, 7) is 6.87. The smallest absolute Gasteiger partial charge is 0.324 e. The number of rotatable bonds is 8. The Balaban J connectivity index is 2.98. The second kappa shape index (κ2) is 8.25. The van der Waals surface area contributed by atoms with Crippen molar-refractivity contribution in [3.05, 3.63) is 29.8 Å². The van der Waals surface area contributed by atoms with Crippen LogP contribution in [0.1, 0.15) is 32.8 Å². The summed E-state index contributed by atoms with van der Waals surface area (Å²) in [6, 6.07) is 5.15. The molecule has 0 radical (unpaired) electrons. The second-order valence-electron chi connectivity index (χ2n) is 6.10. The van der Waals surface area contributed by atoms with Gasteiger partial charge >= 0.3 is 5.97 Å². The molecule has 2 atom stereocenters. The van der Waals surface area contributed by atoms with Crippen molar-refractivity contribution < 1.29 is 22.7 Å². The van der Waals surface area contributed by atoms with Gasteiger partial charge in [0.15, 0.2) is 6.10 Å². The Morgan fingerprint density at radius 1 is 1.17 bits per heavy atom. The molecule has 1 rings (SSSR count). The number of ether oxygens (including phenoxy) is 1. The van der Waals surface area contributed by atoms with E-state index < -0.39 is 34.0 Å². The van der Waals surface area contributed by atoms with Crippen molar-refractivity contribution >= 4 is 21.9 Å². The van der Waals surface area contributed by atoms with Crippen LogP contribution in [0.15, 0.2) is 29.2 Å². The van der Waals surface area contributed by atoms with Crippen molar-refractivity contribution in [2.75, 3.05) is 0 Å². The quantitative estimate of drug-likeness (QED) is 0.677. The van der Waals surface area contributed by atoms with Crippen LogP contribution in [0.25, 0.3) is 0 Å². The molecule has 7 nitrogen and oxygen atoms in total. The minimum Gasteiger partial charge on any atom is -0.451 e. The van der Waals surface area contributed by atoms with E-state index in [0.29, 0.717) is 0 Å². The molecule has 0 aliphatic rings. The SMILES string of the molecule is Cc1ccc(S(=O)(=O)N[C@@H](CC(C)C)C(=O)O[C@@H](C)C(N)=O)cc1. The zero-order chi connectivity index (χ0) is 18.5. The van der Waals surface area contributed by atoms with Crippen LogP contribution >= 0.6 is 0 Å². The monoisotopic (exact) mass is 356 g/mol. The first-order valence-corrected chi connectivity index (χ1v) is 9.10. The van der Waals surface area contributed by atoms with E-state index in [-0.39, 0.29) is 17.2 Å². The molecule has 0 saturated heterocycles. The van der Waals surface area contributed by atoms with Gasteiger partial charge in [0.05, 0.1) is 4.90 Å². The van der Waals surface area contributed by atoms with Crippen LogP contribution in [-0.4, -0.2) is 32.4 Å². The Bertz CT molecular complexity index is 683. The molecule has 1 aromatic rings. The third-order valence-electron chi connectivity index (χ3n) is 3.31. The molecule has 0 spiro atoms. The summed E-state index contributed by atoms with van der Waals surface area (Å²) in [5, 5.41) is 0. The van der Waals surface area contributed by atoms with Crippen LogP contribution in [0.2, 0.25) is 0 Å². The molecule has 0 fully saturated rings. The number of hydrogen-bond acceptors (Lipinski definition) is 5. The zero-order valence-electron chi connectivity index (χ0n) is 14.3.